The van der Waals surface area contributed by atoms with Gasteiger partial charge in [-0.1, -0.05) is 0 Å². The van der Waals surface area contributed by atoms with Gasteiger partial charge in [0.1, 0.15) is 17.5 Å². The number of rotatable bonds is 4. The van der Waals surface area contributed by atoms with Gasteiger partial charge in [-0.15, -0.1) is 0 Å². The van der Waals surface area contributed by atoms with E-state index in [9.17, 15) is 35.1 Å². The van der Waals surface area contributed by atoms with Gasteiger partial charge in [-0.3, -0.25) is 4.79 Å². The molecule has 0 aromatic heterocycles. The summed E-state index contributed by atoms with van der Waals surface area (Å²) in [6.45, 7) is -0.00893. The first-order valence-corrected chi connectivity index (χ1v) is 8.33. The van der Waals surface area contributed by atoms with Crippen molar-refractivity contribution in [3.05, 3.63) is 47.0 Å². The summed E-state index contributed by atoms with van der Waals surface area (Å²) < 4.78 is 0. The van der Waals surface area contributed by atoms with Crippen molar-refractivity contribution in [2.75, 3.05) is 0 Å². The molecule has 1 amide bonds. The molecular weight excluding hydrogens is 354 g/mol. The average molecular weight is 373 g/mol. The van der Waals surface area contributed by atoms with E-state index in [-0.39, 0.29) is 48.8 Å². The molecule has 3 rings (SSSR count). The fourth-order valence-electron chi connectivity index (χ4n) is 3.25. The molecule has 1 heterocycles. The van der Waals surface area contributed by atoms with Crippen LogP contribution >= 0.6 is 0 Å². The Balaban J connectivity index is 1.80. The van der Waals surface area contributed by atoms with Crippen LogP contribution in [0.1, 0.15) is 23.1 Å². The zero-order chi connectivity index (χ0) is 19.7. The number of hydrogen-bond donors (Lipinski definition) is 5. The summed E-state index contributed by atoms with van der Waals surface area (Å²) in [5.74, 6) is -2.36. The van der Waals surface area contributed by atoms with Crippen LogP contribution < -0.4 is 0 Å². The predicted molar refractivity (Wildman–Crippen MR) is 93.5 cm³/mol. The van der Waals surface area contributed by atoms with Crippen molar-refractivity contribution in [3.8, 4) is 23.0 Å². The Morgan fingerprint density at radius 1 is 0.963 bits per heavy atom. The van der Waals surface area contributed by atoms with Gasteiger partial charge in [-0.2, -0.15) is 0 Å². The molecule has 0 fully saturated rings. The van der Waals surface area contributed by atoms with Crippen LogP contribution in [0.15, 0.2) is 30.3 Å². The molecule has 0 radical (unpaired) electrons. The summed E-state index contributed by atoms with van der Waals surface area (Å²) in [5, 5.41) is 48.1. The smallest absolute Gasteiger partial charge is 0.326 e. The number of carboxylic acids is 1. The molecule has 0 bridgehead atoms. The monoisotopic (exact) mass is 373 g/mol. The van der Waals surface area contributed by atoms with Gasteiger partial charge in [0.05, 0.1) is 0 Å². The zero-order valence-electron chi connectivity index (χ0n) is 14.3. The fourth-order valence-corrected chi connectivity index (χ4v) is 3.25. The number of nitrogens with zero attached hydrogens (tertiary/aromatic N) is 1. The van der Waals surface area contributed by atoms with Gasteiger partial charge in [0.15, 0.2) is 11.5 Å². The number of aromatic hydroxyl groups is 4. The summed E-state index contributed by atoms with van der Waals surface area (Å²) in [7, 11) is 0. The summed E-state index contributed by atoms with van der Waals surface area (Å²) in [5.41, 5.74) is 1.51. The van der Waals surface area contributed by atoms with Crippen molar-refractivity contribution in [1.29, 1.82) is 0 Å². The minimum atomic E-state index is -1.17. The second kappa shape index (κ2) is 7.06. The fraction of sp³-hybridized carbons (Fsp3) is 0.263. The maximum atomic E-state index is 12.7. The van der Waals surface area contributed by atoms with E-state index in [0.717, 1.165) is 0 Å². The van der Waals surface area contributed by atoms with E-state index in [1.54, 1.807) is 0 Å². The van der Waals surface area contributed by atoms with Crippen LogP contribution in [-0.2, 0) is 29.0 Å². The van der Waals surface area contributed by atoms with Gasteiger partial charge in [-0.05, 0) is 53.4 Å². The molecule has 5 N–H and O–H groups in total. The standard InChI is InChI=1S/C19H19NO7/c21-13-2-3-15(22)10(5-13)1-4-18(25)20-9-12-8-17(24)16(23)7-11(12)6-14(20)19(26)27/h2-3,5,7-8,14,21-24H,1,4,6,9H2,(H,26,27). The normalized spacial score (nSPS) is 16.0. The molecule has 27 heavy (non-hydrogen) atoms. The van der Waals surface area contributed by atoms with Crippen molar-refractivity contribution in [3.63, 3.8) is 0 Å². The predicted octanol–water partition coefficient (Wildman–Crippen LogP) is 1.48. The highest BCUT2D eigenvalue weighted by Crippen LogP contribution is 2.34. The summed E-state index contributed by atoms with van der Waals surface area (Å²) in [6, 6.07) is 5.54. The number of fused-ring (bicyclic) bond motifs is 1. The van der Waals surface area contributed by atoms with E-state index in [0.29, 0.717) is 16.7 Å². The van der Waals surface area contributed by atoms with E-state index in [4.69, 9.17) is 0 Å². The van der Waals surface area contributed by atoms with Gasteiger partial charge >= 0.3 is 5.97 Å². The lowest BCUT2D eigenvalue weighted by Crippen LogP contribution is -2.48. The molecule has 1 atom stereocenters. The van der Waals surface area contributed by atoms with Crippen LogP contribution in [0, 0.1) is 0 Å². The van der Waals surface area contributed by atoms with Gasteiger partial charge < -0.3 is 30.4 Å². The molecule has 2 aromatic rings. The van der Waals surface area contributed by atoms with Crippen LogP contribution in [0.5, 0.6) is 23.0 Å². The number of carbonyl (C=O) groups excluding carboxylic acids is 1. The van der Waals surface area contributed by atoms with Crippen LogP contribution in [0.25, 0.3) is 0 Å². The quantitative estimate of drug-likeness (QED) is 0.404. The van der Waals surface area contributed by atoms with Crippen molar-refractivity contribution in [2.45, 2.75) is 31.8 Å². The van der Waals surface area contributed by atoms with Crippen molar-refractivity contribution in [1.82, 2.24) is 4.90 Å². The molecule has 8 nitrogen and oxygen atoms in total. The third-order valence-electron chi connectivity index (χ3n) is 4.70. The number of carboxylic acid groups (broad SMARTS) is 1. The van der Waals surface area contributed by atoms with Crippen LogP contribution in [0.2, 0.25) is 0 Å². The number of aliphatic carboxylic acids is 1. The largest absolute Gasteiger partial charge is 0.508 e. The number of hydrogen-bond acceptors (Lipinski definition) is 6. The Bertz CT molecular complexity index is 909. The first kappa shape index (κ1) is 18.4. The Morgan fingerprint density at radius 2 is 1.63 bits per heavy atom. The lowest BCUT2D eigenvalue weighted by Gasteiger charge is -2.34. The zero-order valence-corrected chi connectivity index (χ0v) is 14.3. The third-order valence-corrected chi connectivity index (χ3v) is 4.70. The molecule has 0 saturated heterocycles. The highest BCUT2D eigenvalue weighted by molar-refractivity contribution is 5.85. The van der Waals surface area contributed by atoms with Crippen molar-refractivity contribution in [2.24, 2.45) is 0 Å². The molecule has 2 aromatic carbocycles. The van der Waals surface area contributed by atoms with E-state index in [1.807, 2.05) is 0 Å². The Labute approximate surface area is 154 Å². The van der Waals surface area contributed by atoms with Gasteiger partial charge in [0.25, 0.3) is 0 Å². The number of amides is 1. The number of benzene rings is 2. The Morgan fingerprint density at radius 3 is 2.30 bits per heavy atom. The van der Waals surface area contributed by atoms with E-state index in [1.165, 1.54) is 35.2 Å². The molecule has 1 unspecified atom stereocenters. The van der Waals surface area contributed by atoms with Crippen LogP contribution in [0.4, 0.5) is 0 Å². The van der Waals surface area contributed by atoms with Crippen molar-refractivity contribution < 1.29 is 35.1 Å². The van der Waals surface area contributed by atoms with E-state index < -0.39 is 17.9 Å². The lowest BCUT2D eigenvalue weighted by atomic mass is 9.92. The number of phenols is 4. The third kappa shape index (κ3) is 3.74. The topological polar surface area (TPSA) is 139 Å². The van der Waals surface area contributed by atoms with E-state index >= 15 is 0 Å². The molecule has 0 aliphatic carbocycles. The number of phenolic OH excluding ortho intramolecular Hbond substituents is 4. The highest BCUT2D eigenvalue weighted by atomic mass is 16.4. The molecule has 0 saturated carbocycles. The SMILES string of the molecule is O=C(O)C1Cc2cc(O)c(O)cc2CN1C(=O)CCc1cc(O)ccc1O. The van der Waals surface area contributed by atoms with Crippen molar-refractivity contribution >= 4 is 11.9 Å². The number of carbonyl (C=O) groups is 2. The first-order valence-electron chi connectivity index (χ1n) is 8.33. The average Bonchev–Trinajstić information content (AvgIpc) is 2.62. The molecule has 8 heteroatoms. The minimum absolute atomic E-state index is 0.00893. The summed E-state index contributed by atoms with van der Waals surface area (Å²) in [6.07, 6.45) is 0.0946. The molecule has 1 aliphatic heterocycles. The number of aryl methyl sites for hydroxylation is 1. The summed E-state index contributed by atoms with van der Waals surface area (Å²) >= 11 is 0. The first-order chi connectivity index (χ1) is 12.8. The highest BCUT2D eigenvalue weighted by Gasteiger charge is 2.35. The second-order valence-electron chi connectivity index (χ2n) is 6.50. The Kier molecular flexibility index (Phi) is 4.81. The molecule has 0 spiro atoms. The Hall–Kier alpha value is -3.42. The minimum Gasteiger partial charge on any atom is -0.508 e. The van der Waals surface area contributed by atoms with Crippen LogP contribution in [-0.4, -0.2) is 48.4 Å². The van der Waals surface area contributed by atoms with E-state index in [2.05, 4.69) is 0 Å². The molecule has 1 aliphatic rings. The second-order valence-corrected chi connectivity index (χ2v) is 6.50. The maximum absolute atomic E-state index is 12.7. The molecule has 142 valence electrons. The van der Waals surface area contributed by atoms with Gasteiger partial charge in [0, 0.05) is 19.4 Å². The maximum Gasteiger partial charge on any atom is 0.326 e. The van der Waals surface area contributed by atoms with Gasteiger partial charge in [0.2, 0.25) is 5.91 Å². The van der Waals surface area contributed by atoms with Gasteiger partial charge in [-0.25, -0.2) is 4.79 Å². The lowest BCUT2D eigenvalue weighted by molar-refractivity contribution is -0.151. The molecular formula is C19H19NO7. The van der Waals surface area contributed by atoms with Crippen LogP contribution in [0.3, 0.4) is 0 Å². The summed E-state index contributed by atoms with van der Waals surface area (Å²) in [4.78, 5) is 25.5.